The van der Waals surface area contributed by atoms with Crippen LogP contribution in [0.1, 0.15) is 28.0 Å². The fraction of sp³-hybridized carbons (Fsp3) is 0.188. The molecule has 4 nitrogen and oxygen atoms in total. The minimum absolute atomic E-state index is 0.0792. The summed E-state index contributed by atoms with van der Waals surface area (Å²) in [6, 6.07) is 11.2. The van der Waals surface area contributed by atoms with Gasteiger partial charge in [0.15, 0.2) is 0 Å². The van der Waals surface area contributed by atoms with E-state index in [-0.39, 0.29) is 12.5 Å². The number of benzene rings is 1. The van der Waals surface area contributed by atoms with Gasteiger partial charge < -0.3 is 15.4 Å². The van der Waals surface area contributed by atoms with Gasteiger partial charge in [-0.25, -0.2) is 0 Å². The average Bonchev–Trinajstić information content (AvgIpc) is 3.01. The van der Waals surface area contributed by atoms with E-state index < -0.39 is 0 Å². The smallest absolute Gasteiger partial charge is 0.267 e. The van der Waals surface area contributed by atoms with Crippen LogP contribution in [0.25, 0.3) is 0 Å². The van der Waals surface area contributed by atoms with Crippen molar-refractivity contribution in [3.63, 3.8) is 0 Å². The third-order valence-corrected chi connectivity index (χ3v) is 2.72. The second-order valence-electron chi connectivity index (χ2n) is 4.24. The molecule has 0 fully saturated rings. The molecule has 102 valence electrons. The van der Waals surface area contributed by atoms with Crippen molar-refractivity contribution in [2.45, 2.75) is 13.0 Å². The van der Waals surface area contributed by atoms with Crippen molar-refractivity contribution in [3.8, 4) is 11.8 Å². The Morgan fingerprint density at radius 1 is 1.25 bits per heavy atom. The van der Waals surface area contributed by atoms with Gasteiger partial charge in [-0.3, -0.25) is 4.79 Å². The number of H-pyrrole nitrogens is 1. The molecule has 2 rings (SSSR count). The van der Waals surface area contributed by atoms with E-state index in [0.717, 1.165) is 11.1 Å². The first kappa shape index (κ1) is 13.9. The van der Waals surface area contributed by atoms with Crippen LogP contribution in [0.3, 0.4) is 0 Å². The molecule has 0 aliphatic rings. The van der Waals surface area contributed by atoms with Crippen LogP contribution in [0.5, 0.6) is 0 Å². The van der Waals surface area contributed by atoms with E-state index in [1.54, 1.807) is 18.3 Å². The van der Waals surface area contributed by atoms with Crippen LogP contribution in [0.15, 0.2) is 42.6 Å². The molecule has 0 aliphatic carbocycles. The molecule has 2 aromatic rings. The Hall–Kier alpha value is -2.51. The van der Waals surface area contributed by atoms with Gasteiger partial charge in [0.25, 0.3) is 5.91 Å². The Balaban J connectivity index is 1.88. The second-order valence-corrected chi connectivity index (χ2v) is 4.24. The van der Waals surface area contributed by atoms with E-state index in [2.05, 4.69) is 22.1 Å². The van der Waals surface area contributed by atoms with Gasteiger partial charge in [-0.2, -0.15) is 0 Å². The van der Waals surface area contributed by atoms with Gasteiger partial charge in [0.05, 0.1) is 6.61 Å². The van der Waals surface area contributed by atoms with Gasteiger partial charge in [-0.15, -0.1) is 0 Å². The number of amides is 1. The predicted octanol–water partition coefficient (Wildman–Crippen LogP) is 1.68. The number of aliphatic hydroxyl groups is 1. The summed E-state index contributed by atoms with van der Waals surface area (Å²) in [5.74, 6) is 5.70. The normalized spacial score (nSPS) is 9.65. The Labute approximate surface area is 117 Å². The van der Waals surface area contributed by atoms with E-state index in [9.17, 15) is 4.79 Å². The first-order valence-electron chi connectivity index (χ1n) is 6.40. The monoisotopic (exact) mass is 268 g/mol. The van der Waals surface area contributed by atoms with Crippen molar-refractivity contribution in [1.82, 2.24) is 10.3 Å². The summed E-state index contributed by atoms with van der Waals surface area (Å²) < 4.78 is 0. The average molecular weight is 268 g/mol. The molecule has 0 spiro atoms. The van der Waals surface area contributed by atoms with Crippen LogP contribution in [0, 0.1) is 11.8 Å². The molecule has 3 N–H and O–H groups in total. The number of aliphatic hydroxyl groups excluding tert-OH is 1. The zero-order valence-electron chi connectivity index (χ0n) is 11.0. The number of hydrogen-bond acceptors (Lipinski definition) is 2. The van der Waals surface area contributed by atoms with E-state index in [1.807, 2.05) is 24.3 Å². The number of aromatic amines is 1. The van der Waals surface area contributed by atoms with E-state index in [4.69, 9.17) is 5.11 Å². The van der Waals surface area contributed by atoms with Crippen molar-refractivity contribution in [3.05, 3.63) is 59.4 Å². The third-order valence-electron chi connectivity index (χ3n) is 2.72. The molecule has 4 heteroatoms. The minimum Gasteiger partial charge on any atom is -0.395 e. The summed E-state index contributed by atoms with van der Waals surface area (Å²) in [6.07, 6.45) is 2.20. The molecule has 0 atom stereocenters. The van der Waals surface area contributed by atoms with Crippen LogP contribution in [0.2, 0.25) is 0 Å². The molecule has 0 bridgehead atoms. The van der Waals surface area contributed by atoms with Gasteiger partial charge in [0.1, 0.15) is 5.69 Å². The van der Waals surface area contributed by atoms with E-state index >= 15 is 0 Å². The maximum Gasteiger partial charge on any atom is 0.267 e. The number of rotatable bonds is 4. The molecule has 20 heavy (non-hydrogen) atoms. The Kier molecular flexibility index (Phi) is 4.99. The lowest BCUT2D eigenvalue weighted by Gasteiger charge is -2.04. The highest BCUT2D eigenvalue weighted by atomic mass is 16.2. The zero-order chi connectivity index (χ0) is 14.2. The van der Waals surface area contributed by atoms with Crippen LogP contribution < -0.4 is 5.32 Å². The van der Waals surface area contributed by atoms with Crippen molar-refractivity contribution in [2.75, 3.05) is 6.61 Å². The number of nitrogens with one attached hydrogen (secondary N) is 2. The Morgan fingerprint density at radius 3 is 2.70 bits per heavy atom. The maximum absolute atomic E-state index is 11.7. The SMILES string of the molecule is O=C(NCc1ccc(C#CCCO)cc1)c1ccc[nH]1. The number of carbonyl (C=O) groups excluding carboxylic acids is 1. The molecule has 0 radical (unpaired) electrons. The lowest BCUT2D eigenvalue weighted by molar-refractivity contribution is 0.0946. The fourth-order valence-electron chi connectivity index (χ4n) is 1.68. The van der Waals surface area contributed by atoms with Crippen LogP contribution >= 0.6 is 0 Å². The first-order valence-corrected chi connectivity index (χ1v) is 6.40. The summed E-state index contributed by atoms with van der Waals surface area (Å²) in [5.41, 5.74) is 2.46. The van der Waals surface area contributed by atoms with Gasteiger partial charge in [-0.1, -0.05) is 24.0 Å². The molecule has 0 unspecified atom stereocenters. The lowest BCUT2D eigenvalue weighted by atomic mass is 10.1. The number of hydrogen-bond donors (Lipinski definition) is 3. The van der Waals surface area contributed by atoms with Crippen LogP contribution in [-0.4, -0.2) is 22.6 Å². The minimum atomic E-state index is -0.123. The van der Waals surface area contributed by atoms with Crippen molar-refractivity contribution in [1.29, 1.82) is 0 Å². The number of aromatic nitrogens is 1. The highest BCUT2D eigenvalue weighted by Crippen LogP contribution is 2.04. The zero-order valence-corrected chi connectivity index (χ0v) is 11.0. The molecule has 1 aromatic heterocycles. The standard InChI is InChI=1S/C16H16N2O2/c19-11-2-1-4-13-6-8-14(9-7-13)12-18-16(20)15-5-3-10-17-15/h3,5-10,17,19H,2,11-12H2,(H,18,20). The molecule has 0 saturated carbocycles. The summed E-state index contributed by atoms with van der Waals surface area (Å²) in [4.78, 5) is 14.6. The maximum atomic E-state index is 11.7. The predicted molar refractivity (Wildman–Crippen MR) is 77.0 cm³/mol. The molecular weight excluding hydrogens is 252 g/mol. The Bertz CT molecular complexity index is 604. The molecule has 1 aromatic carbocycles. The topological polar surface area (TPSA) is 65.1 Å². The van der Waals surface area contributed by atoms with Crippen molar-refractivity contribution in [2.24, 2.45) is 0 Å². The lowest BCUT2D eigenvalue weighted by Crippen LogP contribution is -2.22. The van der Waals surface area contributed by atoms with Crippen molar-refractivity contribution >= 4 is 5.91 Å². The van der Waals surface area contributed by atoms with E-state index in [1.165, 1.54) is 0 Å². The first-order chi connectivity index (χ1) is 9.79. The third kappa shape index (κ3) is 4.01. The number of carbonyl (C=O) groups is 1. The summed E-state index contributed by atoms with van der Waals surface area (Å²) in [5, 5.41) is 11.5. The largest absolute Gasteiger partial charge is 0.395 e. The summed E-state index contributed by atoms with van der Waals surface area (Å²) in [6.45, 7) is 0.554. The molecular formula is C16H16N2O2. The highest BCUT2D eigenvalue weighted by Gasteiger charge is 2.04. The summed E-state index contributed by atoms with van der Waals surface area (Å²) >= 11 is 0. The quantitative estimate of drug-likeness (QED) is 0.739. The summed E-state index contributed by atoms with van der Waals surface area (Å²) in [7, 11) is 0. The highest BCUT2D eigenvalue weighted by molar-refractivity contribution is 5.92. The molecule has 1 amide bonds. The molecule has 0 saturated heterocycles. The fourth-order valence-corrected chi connectivity index (χ4v) is 1.68. The van der Waals surface area contributed by atoms with Gasteiger partial charge >= 0.3 is 0 Å². The van der Waals surface area contributed by atoms with Crippen LogP contribution in [0.4, 0.5) is 0 Å². The Morgan fingerprint density at radius 2 is 2.05 bits per heavy atom. The van der Waals surface area contributed by atoms with Gasteiger partial charge in [0, 0.05) is 24.7 Å². The van der Waals surface area contributed by atoms with Gasteiger partial charge in [0.2, 0.25) is 0 Å². The van der Waals surface area contributed by atoms with E-state index in [0.29, 0.717) is 18.7 Å². The van der Waals surface area contributed by atoms with Crippen molar-refractivity contribution < 1.29 is 9.90 Å². The second kappa shape index (κ2) is 7.17. The molecule has 0 aliphatic heterocycles. The van der Waals surface area contributed by atoms with Crippen LogP contribution in [-0.2, 0) is 6.54 Å². The van der Waals surface area contributed by atoms with Gasteiger partial charge in [-0.05, 0) is 29.8 Å². The molecule has 1 heterocycles.